The van der Waals surface area contributed by atoms with Crippen molar-refractivity contribution in [2.75, 3.05) is 31.1 Å². The molecule has 11 nitrogen and oxygen atoms in total. The molecule has 14 heteroatoms. The number of benzene rings is 2. The minimum Gasteiger partial charge on any atom is -0.505 e. The van der Waals surface area contributed by atoms with Crippen LogP contribution in [0.5, 0.6) is 5.75 Å². The number of nitrogens with zero attached hydrogens (tertiary/aromatic N) is 4. The predicted molar refractivity (Wildman–Crippen MR) is 143 cm³/mol. The third kappa shape index (κ3) is 4.60. The Labute approximate surface area is 224 Å². The van der Waals surface area contributed by atoms with E-state index in [1.807, 2.05) is 25.1 Å². The molecule has 4 aromatic rings. The maximum absolute atomic E-state index is 14.1. The van der Waals surface area contributed by atoms with Crippen molar-refractivity contribution in [3.05, 3.63) is 53.1 Å². The molecule has 2 aliphatic rings. The van der Waals surface area contributed by atoms with E-state index in [1.165, 1.54) is 20.7 Å². The standard InChI is InChI=1S/C25H27FN6O5S2/c1-2-15-12-23(33)19(26)13-18(15)16-3-4-17-21(11-16)29-30-24(17)25-27-20-5-6-32(14-22(20)28-25)39(36,37)31-7-9-38(34,35)10-8-31/h3-4,11-13,33H,2,5-10,14H2,1H3,(H,27,28)(H,29,30). The Morgan fingerprint density at radius 2 is 1.87 bits per heavy atom. The van der Waals surface area contributed by atoms with E-state index in [2.05, 4.69) is 20.2 Å². The van der Waals surface area contributed by atoms with Gasteiger partial charge in [0.1, 0.15) is 5.69 Å². The highest BCUT2D eigenvalue weighted by Crippen LogP contribution is 2.34. The molecule has 0 amide bonds. The molecule has 0 radical (unpaired) electrons. The number of imidazole rings is 1. The molecule has 0 bridgehead atoms. The lowest BCUT2D eigenvalue weighted by Crippen LogP contribution is -2.51. The number of hydrogen-bond donors (Lipinski definition) is 3. The van der Waals surface area contributed by atoms with E-state index in [-0.39, 0.29) is 43.4 Å². The van der Waals surface area contributed by atoms with Gasteiger partial charge in [0, 0.05) is 37.1 Å². The Morgan fingerprint density at radius 1 is 1.10 bits per heavy atom. The van der Waals surface area contributed by atoms with Crippen LogP contribution < -0.4 is 0 Å². The van der Waals surface area contributed by atoms with Crippen LogP contribution in [0.3, 0.4) is 0 Å². The average Bonchev–Trinajstić information content (AvgIpc) is 3.52. The van der Waals surface area contributed by atoms with Crippen molar-refractivity contribution in [3.8, 4) is 28.4 Å². The third-order valence-corrected chi connectivity index (χ3v) is 11.0. The van der Waals surface area contributed by atoms with Crippen molar-refractivity contribution in [1.82, 2.24) is 28.8 Å². The molecule has 4 heterocycles. The fourth-order valence-electron chi connectivity index (χ4n) is 5.20. The highest BCUT2D eigenvalue weighted by molar-refractivity contribution is 7.91. The number of phenols is 1. The number of nitrogens with one attached hydrogen (secondary N) is 2. The van der Waals surface area contributed by atoms with Crippen molar-refractivity contribution in [2.24, 2.45) is 0 Å². The van der Waals surface area contributed by atoms with Gasteiger partial charge in [-0.2, -0.15) is 22.1 Å². The van der Waals surface area contributed by atoms with Gasteiger partial charge in [0.05, 0.1) is 29.3 Å². The van der Waals surface area contributed by atoms with Gasteiger partial charge in [0.2, 0.25) is 0 Å². The Hall–Kier alpha value is -3.33. The number of phenolic OH excluding ortho intramolecular Hbond substituents is 1. The van der Waals surface area contributed by atoms with Crippen LogP contribution in [0.2, 0.25) is 0 Å². The molecule has 6 rings (SSSR count). The summed E-state index contributed by atoms with van der Waals surface area (Å²) in [5.41, 5.74) is 5.01. The van der Waals surface area contributed by atoms with Crippen molar-refractivity contribution >= 4 is 30.9 Å². The van der Waals surface area contributed by atoms with Crippen LogP contribution in [0.15, 0.2) is 30.3 Å². The van der Waals surface area contributed by atoms with Gasteiger partial charge in [0.15, 0.2) is 27.2 Å². The molecule has 39 heavy (non-hydrogen) atoms. The molecular formula is C25H27FN6O5S2. The largest absolute Gasteiger partial charge is 0.505 e. The fraction of sp³-hybridized carbons (Fsp3) is 0.360. The van der Waals surface area contributed by atoms with Gasteiger partial charge in [-0.25, -0.2) is 17.8 Å². The summed E-state index contributed by atoms with van der Waals surface area (Å²) in [5, 5.41) is 18.0. The lowest BCUT2D eigenvalue weighted by Gasteiger charge is -2.33. The second-order valence-electron chi connectivity index (χ2n) is 9.80. The van der Waals surface area contributed by atoms with Crippen molar-refractivity contribution < 1.29 is 26.3 Å². The number of aromatic amines is 2. The Morgan fingerprint density at radius 3 is 2.62 bits per heavy atom. The van der Waals surface area contributed by atoms with Gasteiger partial charge in [0.25, 0.3) is 10.2 Å². The first-order valence-electron chi connectivity index (χ1n) is 12.6. The SMILES string of the molecule is CCc1cc(O)c(F)cc1-c1ccc2c(-c3nc4c([nH]3)CCN(S(=O)(=O)N3CCS(=O)(=O)CC3)C4)n[nH]c2c1. The molecule has 206 valence electrons. The summed E-state index contributed by atoms with van der Waals surface area (Å²) >= 11 is 0. The van der Waals surface area contributed by atoms with Gasteiger partial charge < -0.3 is 10.1 Å². The van der Waals surface area contributed by atoms with E-state index >= 15 is 0 Å². The smallest absolute Gasteiger partial charge is 0.282 e. The van der Waals surface area contributed by atoms with Crippen molar-refractivity contribution in [3.63, 3.8) is 0 Å². The number of sulfone groups is 1. The number of halogens is 1. The third-order valence-electron chi connectivity index (χ3n) is 7.41. The number of aryl methyl sites for hydroxylation is 1. The summed E-state index contributed by atoms with van der Waals surface area (Å²) < 4.78 is 66.5. The molecule has 3 N–H and O–H groups in total. The first-order valence-corrected chi connectivity index (χ1v) is 15.8. The highest BCUT2D eigenvalue weighted by atomic mass is 32.2. The summed E-state index contributed by atoms with van der Waals surface area (Å²) in [5.74, 6) is -0.902. The fourth-order valence-corrected chi connectivity index (χ4v) is 8.21. The maximum Gasteiger partial charge on any atom is 0.282 e. The zero-order valence-corrected chi connectivity index (χ0v) is 22.7. The second kappa shape index (κ2) is 9.40. The molecule has 0 unspecified atom stereocenters. The molecule has 0 spiro atoms. The number of aromatic hydroxyl groups is 1. The van der Waals surface area contributed by atoms with Crippen molar-refractivity contribution in [1.29, 1.82) is 0 Å². The van der Waals surface area contributed by atoms with Crippen LogP contribution in [-0.2, 0) is 39.4 Å². The summed E-state index contributed by atoms with van der Waals surface area (Å²) in [6.45, 7) is 2.18. The second-order valence-corrected chi connectivity index (χ2v) is 14.0. The zero-order chi connectivity index (χ0) is 27.5. The normalized spacial score (nSPS) is 18.4. The van der Waals surface area contributed by atoms with Crippen LogP contribution in [-0.4, -0.2) is 81.9 Å². The van der Waals surface area contributed by atoms with Gasteiger partial charge in [-0.05, 0) is 47.4 Å². The molecule has 0 saturated carbocycles. The molecule has 0 atom stereocenters. The van der Waals surface area contributed by atoms with Crippen LogP contribution >= 0.6 is 0 Å². The van der Waals surface area contributed by atoms with Gasteiger partial charge in [-0.15, -0.1) is 0 Å². The predicted octanol–water partition coefficient (Wildman–Crippen LogP) is 2.36. The number of hydrogen-bond acceptors (Lipinski definition) is 7. The summed E-state index contributed by atoms with van der Waals surface area (Å²) in [6.07, 6.45) is 1.06. The van der Waals surface area contributed by atoms with E-state index in [9.17, 15) is 26.3 Å². The van der Waals surface area contributed by atoms with E-state index in [0.717, 1.165) is 27.7 Å². The quantitative estimate of drug-likeness (QED) is 0.331. The average molecular weight is 575 g/mol. The van der Waals surface area contributed by atoms with Gasteiger partial charge in [-0.3, -0.25) is 5.10 Å². The highest BCUT2D eigenvalue weighted by Gasteiger charge is 2.37. The molecule has 0 aliphatic carbocycles. The molecule has 1 saturated heterocycles. The van der Waals surface area contributed by atoms with Crippen LogP contribution in [0.1, 0.15) is 23.9 Å². The molecular weight excluding hydrogens is 547 g/mol. The van der Waals surface area contributed by atoms with Gasteiger partial charge >= 0.3 is 0 Å². The van der Waals surface area contributed by atoms with Crippen LogP contribution in [0.25, 0.3) is 33.5 Å². The lowest BCUT2D eigenvalue weighted by atomic mass is 9.96. The first kappa shape index (κ1) is 25.9. The van der Waals surface area contributed by atoms with E-state index < -0.39 is 25.9 Å². The Balaban J connectivity index is 1.27. The number of rotatable bonds is 5. The summed E-state index contributed by atoms with van der Waals surface area (Å²) in [7, 11) is -7.02. The summed E-state index contributed by atoms with van der Waals surface area (Å²) in [6, 6.07) is 8.37. The Bertz CT molecular complexity index is 1800. The number of aromatic nitrogens is 4. The van der Waals surface area contributed by atoms with Crippen LogP contribution in [0.4, 0.5) is 4.39 Å². The topological polar surface area (TPSA) is 152 Å². The van der Waals surface area contributed by atoms with E-state index in [1.54, 1.807) is 0 Å². The zero-order valence-electron chi connectivity index (χ0n) is 21.1. The van der Waals surface area contributed by atoms with Gasteiger partial charge in [-0.1, -0.05) is 13.0 Å². The molecule has 2 aromatic carbocycles. The molecule has 1 fully saturated rings. The van der Waals surface area contributed by atoms with Crippen molar-refractivity contribution in [2.45, 2.75) is 26.3 Å². The number of H-pyrrole nitrogens is 2. The minimum atomic E-state index is -3.82. The molecule has 2 aliphatic heterocycles. The molecule has 2 aromatic heterocycles. The Kier molecular flexibility index (Phi) is 6.25. The summed E-state index contributed by atoms with van der Waals surface area (Å²) in [4.78, 5) is 7.95. The minimum absolute atomic E-state index is 0.0440. The maximum atomic E-state index is 14.1. The van der Waals surface area contributed by atoms with E-state index in [0.29, 0.717) is 35.6 Å². The number of fused-ring (bicyclic) bond motifs is 2. The van der Waals surface area contributed by atoms with Crippen LogP contribution in [0, 0.1) is 5.82 Å². The lowest BCUT2D eigenvalue weighted by molar-refractivity contribution is 0.329. The van der Waals surface area contributed by atoms with E-state index in [4.69, 9.17) is 0 Å². The first-order chi connectivity index (χ1) is 18.6. The monoisotopic (exact) mass is 574 g/mol.